The van der Waals surface area contributed by atoms with E-state index in [0.717, 1.165) is 60.8 Å². The van der Waals surface area contributed by atoms with Crippen molar-refractivity contribution in [1.82, 2.24) is 30.0 Å². The lowest BCUT2D eigenvalue weighted by molar-refractivity contribution is -0.134. The molecule has 1 aliphatic heterocycles. The van der Waals surface area contributed by atoms with Crippen molar-refractivity contribution in [2.24, 2.45) is 7.05 Å². The van der Waals surface area contributed by atoms with Crippen LogP contribution in [0.1, 0.15) is 35.5 Å². The van der Waals surface area contributed by atoms with Crippen LogP contribution in [0.15, 0.2) is 42.6 Å². The summed E-state index contributed by atoms with van der Waals surface area (Å²) in [5.41, 5.74) is 6.06. The number of likely N-dealkylation sites (N-methyl/N-ethyl adjacent to an activating group) is 1. The molecular weight excluding hydrogens is 540 g/mol. The van der Waals surface area contributed by atoms with E-state index in [-0.39, 0.29) is 11.3 Å². The van der Waals surface area contributed by atoms with Crippen molar-refractivity contribution in [2.45, 2.75) is 25.7 Å². The first-order valence-corrected chi connectivity index (χ1v) is 13.5. The van der Waals surface area contributed by atoms with Crippen molar-refractivity contribution < 1.29 is 24.6 Å². The van der Waals surface area contributed by atoms with Gasteiger partial charge in [-0.25, -0.2) is 19.6 Å². The Labute approximate surface area is 243 Å². The molecule has 1 saturated heterocycles. The summed E-state index contributed by atoms with van der Waals surface area (Å²) in [6.07, 6.45) is 3.75. The first kappa shape index (κ1) is 30.2. The SMILES string of the molecule is CNC(=O)c1nn(C)c2c1C(C)(C)Cc1cnc(Nc3ccc(N4CCN(C)CC4)cc3)nc1-2.O=C(O)/C=C\C(=O)O. The average molecular weight is 577 g/mol. The maximum atomic E-state index is 12.5. The van der Waals surface area contributed by atoms with Crippen LogP contribution >= 0.6 is 0 Å². The van der Waals surface area contributed by atoms with E-state index < -0.39 is 11.9 Å². The minimum atomic E-state index is -1.26. The van der Waals surface area contributed by atoms with Gasteiger partial charge in [-0.15, -0.1) is 0 Å². The van der Waals surface area contributed by atoms with Crippen LogP contribution in [0, 0.1) is 0 Å². The van der Waals surface area contributed by atoms with E-state index in [1.807, 2.05) is 13.2 Å². The van der Waals surface area contributed by atoms with Crippen molar-refractivity contribution in [2.75, 3.05) is 50.5 Å². The lowest BCUT2D eigenvalue weighted by Gasteiger charge is -2.34. The number of rotatable bonds is 6. The Kier molecular flexibility index (Phi) is 8.90. The van der Waals surface area contributed by atoms with Gasteiger partial charge in [-0.05, 0) is 48.7 Å². The minimum Gasteiger partial charge on any atom is -0.478 e. The van der Waals surface area contributed by atoms with Crippen LogP contribution < -0.4 is 15.5 Å². The summed E-state index contributed by atoms with van der Waals surface area (Å²) < 4.78 is 1.77. The van der Waals surface area contributed by atoms with E-state index in [4.69, 9.17) is 15.2 Å². The Hall–Kier alpha value is -4.78. The number of nitrogens with one attached hydrogen (secondary N) is 2. The molecule has 0 saturated carbocycles. The van der Waals surface area contributed by atoms with E-state index in [1.54, 1.807) is 11.7 Å². The number of amides is 1. The third-order valence-corrected chi connectivity index (χ3v) is 7.25. The van der Waals surface area contributed by atoms with Crippen LogP contribution in [0.3, 0.4) is 0 Å². The number of benzene rings is 1. The lowest BCUT2D eigenvalue weighted by atomic mass is 9.73. The first-order valence-electron chi connectivity index (χ1n) is 13.5. The van der Waals surface area contributed by atoms with Gasteiger partial charge in [-0.2, -0.15) is 5.10 Å². The molecule has 0 spiro atoms. The maximum Gasteiger partial charge on any atom is 0.328 e. The zero-order valence-corrected chi connectivity index (χ0v) is 24.4. The average Bonchev–Trinajstić information content (AvgIpc) is 3.31. The molecule has 0 radical (unpaired) electrons. The highest BCUT2D eigenvalue weighted by Crippen LogP contribution is 2.43. The second-order valence-electron chi connectivity index (χ2n) is 10.9. The number of hydrogen-bond acceptors (Lipinski definition) is 9. The molecule has 0 bridgehead atoms. The number of carboxylic acids is 2. The number of carbonyl (C=O) groups excluding carboxylic acids is 1. The van der Waals surface area contributed by atoms with Gasteiger partial charge in [0.25, 0.3) is 5.91 Å². The summed E-state index contributed by atoms with van der Waals surface area (Å²) in [7, 11) is 5.66. The van der Waals surface area contributed by atoms with Crippen LogP contribution in [0.2, 0.25) is 0 Å². The minimum absolute atomic E-state index is 0.179. The molecule has 5 rings (SSSR count). The van der Waals surface area contributed by atoms with E-state index in [9.17, 15) is 14.4 Å². The monoisotopic (exact) mass is 576 g/mol. The van der Waals surface area contributed by atoms with E-state index >= 15 is 0 Å². The van der Waals surface area contributed by atoms with Crippen molar-refractivity contribution >= 4 is 35.2 Å². The zero-order chi connectivity index (χ0) is 30.6. The van der Waals surface area contributed by atoms with Crippen molar-refractivity contribution in [3.63, 3.8) is 0 Å². The van der Waals surface area contributed by atoms with Crippen LogP contribution in [-0.4, -0.2) is 93.0 Å². The summed E-state index contributed by atoms with van der Waals surface area (Å²) in [5, 5.41) is 26.2. The highest BCUT2D eigenvalue weighted by molar-refractivity contribution is 5.96. The number of aryl methyl sites for hydroxylation is 1. The van der Waals surface area contributed by atoms with Gasteiger partial charge in [0, 0.05) is 75.6 Å². The third kappa shape index (κ3) is 6.74. The van der Waals surface area contributed by atoms with Crippen molar-refractivity contribution in [3.8, 4) is 11.4 Å². The number of aromatic nitrogens is 4. The number of hydrogen-bond donors (Lipinski definition) is 4. The quantitative estimate of drug-likeness (QED) is 0.318. The predicted octanol–water partition coefficient (Wildman–Crippen LogP) is 2.28. The lowest BCUT2D eigenvalue weighted by Crippen LogP contribution is -2.44. The van der Waals surface area contributed by atoms with E-state index in [1.165, 1.54) is 5.69 Å². The molecule has 3 aromatic rings. The highest BCUT2D eigenvalue weighted by Gasteiger charge is 2.39. The van der Waals surface area contributed by atoms with Gasteiger partial charge < -0.3 is 30.6 Å². The number of fused-ring (bicyclic) bond motifs is 3. The standard InChI is InChI=1S/C25H32N8O.C4H4O4/c1-25(2)14-16-15-27-24(29-20(16)22-19(25)21(23(34)26-3)30-32(22)5)28-17-6-8-18(9-7-17)33-12-10-31(4)11-13-33;5-3(6)1-2-4(7)8/h6-9,15H,10-14H2,1-5H3,(H,26,34)(H,27,28,29);1-2H,(H,5,6)(H,7,8)/b;2-1-. The van der Waals surface area contributed by atoms with Crippen LogP contribution in [0.4, 0.5) is 17.3 Å². The fraction of sp³-hybridized carbons (Fsp3) is 0.379. The Morgan fingerprint density at radius 2 is 1.60 bits per heavy atom. The largest absolute Gasteiger partial charge is 0.478 e. The highest BCUT2D eigenvalue weighted by atomic mass is 16.4. The second kappa shape index (κ2) is 12.4. The van der Waals surface area contributed by atoms with Gasteiger partial charge >= 0.3 is 11.9 Å². The number of carbonyl (C=O) groups is 3. The molecule has 42 heavy (non-hydrogen) atoms. The van der Waals surface area contributed by atoms with Gasteiger partial charge in [0.2, 0.25) is 5.95 Å². The number of piperazine rings is 1. The number of nitrogens with zero attached hydrogens (tertiary/aromatic N) is 6. The zero-order valence-electron chi connectivity index (χ0n) is 24.4. The molecule has 1 aliphatic carbocycles. The molecule has 3 heterocycles. The molecule has 13 nitrogen and oxygen atoms in total. The van der Waals surface area contributed by atoms with Gasteiger partial charge in [0.1, 0.15) is 0 Å². The van der Waals surface area contributed by atoms with Crippen molar-refractivity contribution in [3.05, 3.63) is 59.4 Å². The molecule has 1 amide bonds. The van der Waals surface area contributed by atoms with Gasteiger partial charge in [0.05, 0.1) is 11.4 Å². The fourth-order valence-electron chi connectivity index (χ4n) is 5.17. The summed E-state index contributed by atoms with van der Waals surface area (Å²) in [6, 6.07) is 8.42. The molecule has 0 unspecified atom stereocenters. The summed E-state index contributed by atoms with van der Waals surface area (Å²) in [4.78, 5) is 45.9. The summed E-state index contributed by atoms with van der Waals surface area (Å²) in [5.74, 6) is -2.17. The first-order chi connectivity index (χ1) is 19.9. The second-order valence-corrected chi connectivity index (χ2v) is 10.9. The van der Waals surface area contributed by atoms with Crippen LogP contribution in [-0.2, 0) is 28.5 Å². The number of anilines is 3. The Bertz CT molecular complexity index is 1490. The smallest absolute Gasteiger partial charge is 0.328 e. The topological polar surface area (TPSA) is 166 Å². The van der Waals surface area contributed by atoms with E-state index in [2.05, 4.69) is 75.7 Å². The predicted molar refractivity (Wildman–Crippen MR) is 158 cm³/mol. The Morgan fingerprint density at radius 1 is 0.976 bits per heavy atom. The fourth-order valence-corrected chi connectivity index (χ4v) is 5.17. The molecule has 13 heteroatoms. The molecule has 222 valence electrons. The summed E-state index contributed by atoms with van der Waals surface area (Å²) >= 11 is 0. The molecule has 1 fully saturated rings. The van der Waals surface area contributed by atoms with E-state index in [0.29, 0.717) is 23.8 Å². The van der Waals surface area contributed by atoms with Gasteiger partial charge in [-0.3, -0.25) is 9.48 Å². The van der Waals surface area contributed by atoms with Crippen LogP contribution in [0.25, 0.3) is 11.4 Å². The number of aliphatic carboxylic acids is 2. The third-order valence-electron chi connectivity index (χ3n) is 7.25. The molecular formula is C29H36N8O5. The van der Waals surface area contributed by atoms with Crippen LogP contribution in [0.5, 0.6) is 0 Å². The molecule has 4 N–H and O–H groups in total. The van der Waals surface area contributed by atoms with Gasteiger partial charge in [0.15, 0.2) is 5.69 Å². The Balaban J connectivity index is 0.000000446. The Morgan fingerprint density at radius 3 is 2.17 bits per heavy atom. The van der Waals surface area contributed by atoms with Gasteiger partial charge in [-0.1, -0.05) is 13.8 Å². The molecule has 0 atom stereocenters. The molecule has 2 aromatic heterocycles. The molecule has 1 aromatic carbocycles. The number of carboxylic acid groups (broad SMARTS) is 2. The molecule has 2 aliphatic rings. The maximum absolute atomic E-state index is 12.5. The van der Waals surface area contributed by atoms with Crippen molar-refractivity contribution in [1.29, 1.82) is 0 Å². The summed E-state index contributed by atoms with van der Waals surface area (Å²) in [6.45, 7) is 8.51. The normalized spacial score (nSPS) is 15.7.